The van der Waals surface area contributed by atoms with Gasteiger partial charge in [0.2, 0.25) is 5.91 Å². The molecule has 242 valence electrons. The Hall–Kier alpha value is -3.57. The van der Waals surface area contributed by atoms with Crippen LogP contribution < -0.4 is 5.73 Å². The van der Waals surface area contributed by atoms with Crippen molar-refractivity contribution >= 4 is 29.8 Å². The lowest BCUT2D eigenvalue weighted by Crippen LogP contribution is -2.63. The van der Waals surface area contributed by atoms with E-state index in [1.165, 1.54) is 0 Å². The number of carboxylic acid groups (broad SMARTS) is 4. The van der Waals surface area contributed by atoms with Crippen LogP contribution in [0.3, 0.4) is 0 Å². The number of amides is 1. The number of hydrogen-bond donors (Lipinski definition) is 5. The summed E-state index contributed by atoms with van der Waals surface area (Å²) < 4.78 is 127. The highest BCUT2D eigenvalue weighted by Crippen LogP contribution is 2.20. The number of carboxylic acids is 4. The van der Waals surface area contributed by atoms with Crippen LogP contribution in [0.5, 0.6) is 0 Å². The SMILES string of the molecule is CN1CCC[C@H](N2CC(N)C2)C1=O.O=C(O)C(F)(F)F.O=C(O)C(F)(F)F.O=C(O)C(F)(F)F.O=C(O)C(F)(F)F. The number of likely N-dealkylation sites (N-methyl/N-ethyl adjacent to an activating group) is 1. The Balaban J connectivity index is -0.000000458. The van der Waals surface area contributed by atoms with Crippen molar-refractivity contribution < 1.29 is 97.1 Å². The van der Waals surface area contributed by atoms with E-state index < -0.39 is 48.6 Å². The first-order valence-electron chi connectivity index (χ1n) is 9.91. The van der Waals surface area contributed by atoms with Crippen molar-refractivity contribution in [3.05, 3.63) is 0 Å². The molecule has 0 bridgehead atoms. The quantitative estimate of drug-likeness (QED) is 0.262. The predicted octanol–water partition coefficient (Wildman–Crippen LogP) is 1.78. The third-order valence-electron chi connectivity index (χ3n) is 3.98. The third kappa shape index (κ3) is 20.0. The summed E-state index contributed by atoms with van der Waals surface area (Å²) in [6, 6.07) is 0.415. The number of likely N-dealkylation sites (tertiary alicyclic amines) is 2. The Labute approximate surface area is 219 Å². The van der Waals surface area contributed by atoms with Gasteiger partial charge in [-0.25, -0.2) is 19.2 Å². The normalized spacial score (nSPS) is 17.9. The van der Waals surface area contributed by atoms with Crippen LogP contribution in [0.25, 0.3) is 0 Å². The van der Waals surface area contributed by atoms with Gasteiger partial charge < -0.3 is 31.1 Å². The smallest absolute Gasteiger partial charge is 0.475 e. The molecule has 0 aromatic carbocycles. The molecule has 0 saturated carbocycles. The third-order valence-corrected chi connectivity index (χ3v) is 3.98. The van der Waals surface area contributed by atoms with E-state index in [0.29, 0.717) is 6.04 Å². The molecule has 2 saturated heterocycles. The summed E-state index contributed by atoms with van der Waals surface area (Å²) in [5, 5.41) is 28.5. The topological polar surface area (TPSA) is 199 Å². The van der Waals surface area contributed by atoms with Crippen LogP contribution >= 0.6 is 0 Å². The van der Waals surface area contributed by atoms with Gasteiger partial charge in [0.15, 0.2) is 0 Å². The fourth-order valence-corrected chi connectivity index (χ4v) is 2.15. The molecule has 2 fully saturated rings. The second kappa shape index (κ2) is 16.6. The zero-order chi connectivity index (χ0) is 33.7. The zero-order valence-electron chi connectivity index (χ0n) is 20.0. The molecule has 0 aromatic heterocycles. The average Bonchev–Trinajstić information content (AvgIpc) is 2.73. The van der Waals surface area contributed by atoms with E-state index in [9.17, 15) is 57.5 Å². The fraction of sp³-hybridized carbons (Fsp3) is 0.706. The van der Waals surface area contributed by atoms with Gasteiger partial charge in [0.05, 0.1) is 6.04 Å². The van der Waals surface area contributed by atoms with Gasteiger partial charge in [-0.2, -0.15) is 52.7 Å². The van der Waals surface area contributed by atoms with Gasteiger partial charge in [0.1, 0.15) is 0 Å². The van der Waals surface area contributed by atoms with Crippen molar-refractivity contribution in [2.24, 2.45) is 5.73 Å². The van der Waals surface area contributed by atoms with E-state index in [1.807, 2.05) is 11.9 Å². The maximum Gasteiger partial charge on any atom is 0.490 e. The predicted molar refractivity (Wildman–Crippen MR) is 105 cm³/mol. The molecule has 1 atom stereocenters. The van der Waals surface area contributed by atoms with Crippen molar-refractivity contribution in [2.75, 3.05) is 26.7 Å². The van der Waals surface area contributed by atoms with Crippen LogP contribution in [0.15, 0.2) is 0 Å². The van der Waals surface area contributed by atoms with Crippen LogP contribution in [-0.2, 0) is 24.0 Å². The molecule has 2 heterocycles. The average molecular weight is 639 g/mol. The van der Waals surface area contributed by atoms with Gasteiger partial charge >= 0.3 is 48.6 Å². The molecule has 24 heteroatoms. The number of halogens is 12. The van der Waals surface area contributed by atoms with E-state index >= 15 is 0 Å². The molecule has 0 aromatic rings. The summed E-state index contributed by atoms with van der Waals surface area (Å²) in [5.74, 6) is -10.8. The van der Waals surface area contributed by atoms with Crippen LogP contribution in [0.1, 0.15) is 12.8 Å². The lowest BCUT2D eigenvalue weighted by Gasteiger charge is -2.44. The highest BCUT2D eigenvalue weighted by atomic mass is 19.4. The summed E-state index contributed by atoms with van der Waals surface area (Å²) in [7, 11) is 1.88. The highest BCUT2D eigenvalue weighted by Gasteiger charge is 2.40. The first-order valence-corrected chi connectivity index (χ1v) is 9.91. The molecule has 0 spiro atoms. The number of alkyl halides is 12. The minimum atomic E-state index is -5.08. The lowest BCUT2D eigenvalue weighted by molar-refractivity contribution is -0.193. The molecule has 0 aliphatic carbocycles. The number of nitrogens with two attached hydrogens (primary N) is 1. The number of aliphatic carboxylic acids is 4. The van der Waals surface area contributed by atoms with Gasteiger partial charge in [0, 0.05) is 32.7 Å². The Kier molecular flexibility index (Phi) is 17.0. The van der Waals surface area contributed by atoms with Gasteiger partial charge in [-0.3, -0.25) is 9.69 Å². The number of piperidine rings is 1. The van der Waals surface area contributed by atoms with Gasteiger partial charge in [-0.1, -0.05) is 0 Å². The summed E-state index contributed by atoms with van der Waals surface area (Å²) in [5.41, 5.74) is 5.69. The largest absolute Gasteiger partial charge is 0.490 e. The fourth-order valence-electron chi connectivity index (χ4n) is 2.15. The Morgan fingerprint density at radius 1 is 0.683 bits per heavy atom. The Bertz CT molecular complexity index is 787. The number of nitrogens with zero attached hydrogens (tertiary/aromatic N) is 2. The molecular weight excluding hydrogens is 618 g/mol. The van der Waals surface area contributed by atoms with Crippen molar-refractivity contribution in [2.45, 2.75) is 49.6 Å². The highest BCUT2D eigenvalue weighted by molar-refractivity contribution is 5.82. The maximum absolute atomic E-state index is 11.7. The van der Waals surface area contributed by atoms with Crippen LogP contribution in [0.4, 0.5) is 52.7 Å². The van der Waals surface area contributed by atoms with Crippen molar-refractivity contribution in [1.82, 2.24) is 9.80 Å². The molecule has 0 unspecified atom stereocenters. The molecule has 6 N–H and O–H groups in total. The van der Waals surface area contributed by atoms with Crippen LogP contribution in [-0.4, -0.2) is 123 Å². The minimum absolute atomic E-state index is 0.124. The Morgan fingerprint density at radius 2 is 0.927 bits per heavy atom. The van der Waals surface area contributed by atoms with Crippen molar-refractivity contribution in [3.63, 3.8) is 0 Å². The van der Waals surface area contributed by atoms with Gasteiger partial charge in [-0.05, 0) is 12.8 Å². The van der Waals surface area contributed by atoms with E-state index in [2.05, 4.69) is 4.90 Å². The number of hydrogen-bond acceptors (Lipinski definition) is 7. The molecular formula is C17H21F12N3O9. The first-order chi connectivity index (χ1) is 18.0. The summed E-state index contributed by atoms with van der Waals surface area (Å²) in [6.07, 6.45) is -18.2. The standard InChI is InChI=1S/C9H17N3O.4C2HF3O2/c1-11-4-2-3-8(9(11)13)12-5-7(10)6-12;4*3-2(4,5)1(6)7/h7-8H,2-6,10H2,1H3;4*(H,6,7)/t8-;;;;/m0..../s1. The van der Waals surface area contributed by atoms with Gasteiger partial charge in [0.25, 0.3) is 0 Å². The van der Waals surface area contributed by atoms with Crippen molar-refractivity contribution in [1.29, 1.82) is 0 Å². The summed E-state index contributed by atoms with van der Waals surface area (Å²) in [6.45, 7) is 2.70. The second-order valence-corrected chi connectivity index (χ2v) is 7.34. The zero-order valence-corrected chi connectivity index (χ0v) is 20.0. The minimum Gasteiger partial charge on any atom is -0.475 e. The second-order valence-electron chi connectivity index (χ2n) is 7.34. The molecule has 0 radical (unpaired) electrons. The number of carbonyl (C=O) groups excluding carboxylic acids is 1. The maximum atomic E-state index is 11.7. The summed E-state index contributed by atoms with van der Waals surface area (Å²) in [4.78, 5) is 51.3. The molecule has 41 heavy (non-hydrogen) atoms. The molecule has 1 amide bonds. The molecule has 2 aliphatic rings. The van der Waals surface area contributed by atoms with E-state index in [1.54, 1.807) is 0 Å². The van der Waals surface area contributed by atoms with Crippen LogP contribution in [0.2, 0.25) is 0 Å². The number of carbonyl (C=O) groups is 5. The molecule has 2 aliphatic heterocycles. The molecule has 12 nitrogen and oxygen atoms in total. The number of rotatable bonds is 1. The first kappa shape index (κ1) is 41.9. The van der Waals surface area contributed by atoms with E-state index in [0.717, 1.165) is 32.5 Å². The van der Waals surface area contributed by atoms with E-state index in [4.69, 9.17) is 45.3 Å². The van der Waals surface area contributed by atoms with Crippen LogP contribution in [0, 0.1) is 0 Å². The monoisotopic (exact) mass is 639 g/mol. The Morgan fingerprint density at radius 3 is 1.12 bits per heavy atom. The van der Waals surface area contributed by atoms with E-state index in [-0.39, 0.29) is 11.9 Å². The van der Waals surface area contributed by atoms with Crippen molar-refractivity contribution in [3.8, 4) is 0 Å². The molecule has 2 rings (SSSR count). The summed E-state index contributed by atoms with van der Waals surface area (Å²) >= 11 is 0. The lowest BCUT2D eigenvalue weighted by atomic mass is 9.98. The van der Waals surface area contributed by atoms with Gasteiger partial charge in [-0.15, -0.1) is 0 Å².